The number of hydrogen-bond donors (Lipinski definition) is 5. The van der Waals surface area contributed by atoms with E-state index in [0.29, 0.717) is 47.1 Å². The van der Waals surface area contributed by atoms with Gasteiger partial charge in [-0.25, -0.2) is 0 Å². The minimum Gasteiger partial charge on any atom is -0.490 e. The highest BCUT2D eigenvalue weighted by molar-refractivity contribution is 5.96. The van der Waals surface area contributed by atoms with Crippen LogP contribution in [-0.2, 0) is 4.79 Å². The van der Waals surface area contributed by atoms with E-state index in [1.165, 1.54) is 6.20 Å². The number of likely N-dealkylation sites (N-methyl/N-ethyl adjacent to an activating group) is 1. The van der Waals surface area contributed by atoms with E-state index in [1.807, 2.05) is 25.9 Å². The van der Waals surface area contributed by atoms with Gasteiger partial charge < -0.3 is 25.4 Å². The van der Waals surface area contributed by atoms with Gasteiger partial charge in [0.1, 0.15) is 18.5 Å². The van der Waals surface area contributed by atoms with Crippen LogP contribution in [0.4, 0.5) is 5.69 Å². The number of amidine groups is 1. The maximum atomic E-state index is 13.3. The number of pyridine rings is 1. The number of nitrogens with one attached hydrogen (secondary N) is 4. The van der Waals surface area contributed by atoms with Crippen LogP contribution in [0.25, 0.3) is 0 Å². The van der Waals surface area contributed by atoms with Crippen molar-refractivity contribution in [3.8, 4) is 11.5 Å². The number of nitrogens with two attached hydrogens (primary N) is 1. The van der Waals surface area contributed by atoms with Crippen molar-refractivity contribution < 1.29 is 19.1 Å². The fourth-order valence-corrected chi connectivity index (χ4v) is 3.40. The Morgan fingerprint density at radius 1 is 1.03 bits per heavy atom. The van der Waals surface area contributed by atoms with Gasteiger partial charge in [0.25, 0.3) is 11.8 Å². The molecule has 0 bridgehead atoms. The number of carbonyl (C=O) groups is 2. The fraction of sp³-hybridized carbons (Fsp3) is 0.259. The van der Waals surface area contributed by atoms with Gasteiger partial charge in [-0.05, 0) is 75.1 Å². The average molecular weight is 520 g/mol. The number of hydrazine groups is 1. The molecule has 200 valence electrons. The second-order valence-corrected chi connectivity index (χ2v) is 8.54. The van der Waals surface area contributed by atoms with Crippen molar-refractivity contribution in [3.05, 3.63) is 83.7 Å². The summed E-state index contributed by atoms with van der Waals surface area (Å²) in [5.41, 5.74) is 12.5. The van der Waals surface area contributed by atoms with Crippen LogP contribution in [0.2, 0.25) is 0 Å². The van der Waals surface area contributed by atoms with Crippen molar-refractivity contribution in [3.63, 3.8) is 0 Å². The molecule has 3 aromatic rings. The summed E-state index contributed by atoms with van der Waals surface area (Å²) < 4.78 is 11.7. The van der Waals surface area contributed by atoms with Gasteiger partial charge in [-0.3, -0.25) is 30.8 Å². The summed E-state index contributed by atoms with van der Waals surface area (Å²) in [5, 5.41) is 10.8. The molecule has 3 rings (SSSR count). The Bertz CT molecular complexity index is 1230. The average Bonchev–Trinajstić information content (AvgIpc) is 2.91. The predicted octanol–water partition coefficient (Wildman–Crippen LogP) is 2.32. The van der Waals surface area contributed by atoms with Gasteiger partial charge >= 0.3 is 0 Å². The topological polar surface area (TPSA) is 155 Å². The predicted molar refractivity (Wildman–Crippen MR) is 145 cm³/mol. The highest BCUT2D eigenvalue weighted by Crippen LogP contribution is 2.32. The van der Waals surface area contributed by atoms with Crippen molar-refractivity contribution >= 4 is 23.3 Å². The van der Waals surface area contributed by atoms with Gasteiger partial charge in [-0.15, -0.1) is 0 Å². The molecule has 2 aromatic carbocycles. The van der Waals surface area contributed by atoms with E-state index in [-0.39, 0.29) is 5.84 Å². The smallest absolute Gasteiger partial charge is 0.271 e. The van der Waals surface area contributed by atoms with Crippen molar-refractivity contribution in [1.29, 1.82) is 5.41 Å². The Morgan fingerprint density at radius 3 is 2.42 bits per heavy atom. The molecule has 0 fully saturated rings. The number of aromatic nitrogens is 1. The molecule has 0 aliphatic rings. The highest BCUT2D eigenvalue weighted by Gasteiger charge is 2.23. The molecule has 11 heteroatoms. The Hall–Kier alpha value is -4.64. The highest BCUT2D eigenvalue weighted by atomic mass is 16.5. The number of ether oxygens (including phenoxy) is 2. The molecule has 1 heterocycles. The molecule has 11 nitrogen and oxygen atoms in total. The summed E-state index contributed by atoms with van der Waals surface area (Å²) in [6.07, 6.45) is 2.95. The van der Waals surface area contributed by atoms with Gasteiger partial charge in [0, 0.05) is 30.2 Å². The number of nitrogen functional groups attached to an aromatic ring is 1. The zero-order valence-electron chi connectivity index (χ0n) is 21.7. The van der Waals surface area contributed by atoms with Crippen LogP contribution in [0.1, 0.15) is 34.5 Å². The van der Waals surface area contributed by atoms with Gasteiger partial charge in [0.05, 0.1) is 12.2 Å². The summed E-state index contributed by atoms with van der Waals surface area (Å²) >= 11 is 0. The van der Waals surface area contributed by atoms with E-state index in [0.717, 1.165) is 6.54 Å². The van der Waals surface area contributed by atoms with E-state index in [1.54, 1.807) is 60.8 Å². The van der Waals surface area contributed by atoms with Crippen LogP contribution in [0.5, 0.6) is 11.5 Å². The monoisotopic (exact) mass is 519 g/mol. The van der Waals surface area contributed by atoms with Crippen LogP contribution in [0.3, 0.4) is 0 Å². The van der Waals surface area contributed by atoms with Gasteiger partial charge in [0.15, 0.2) is 11.5 Å². The van der Waals surface area contributed by atoms with Crippen LogP contribution in [-0.4, -0.2) is 61.4 Å². The molecule has 1 aromatic heterocycles. The Balaban J connectivity index is 1.86. The molecule has 2 amide bonds. The minimum absolute atomic E-state index is 0.0600. The molecule has 0 aliphatic carbocycles. The molecule has 0 aliphatic heterocycles. The molecule has 0 radical (unpaired) electrons. The van der Waals surface area contributed by atoms with Gasteiger partial charge in [-0.2, -0.15) is 0 Å². The summed E-state index contributed by atoms with van der Waals surface area (Å²) in [4.78, 5) is 31.7. The Morgan fingerprint density at radius 2 is 1.79 bits per heavy atom. The standard InChI is InChI=1S/C27H33N7O4/c1-4-37-23-16-19(9-12-22(23)38-15-14-34(2)3)24(31-21-10-7-18(8-11-21)25(28)29)27(36)33-32-26(35)20-6-5-13-30-17-20/h5-13,16-17,24,31H,4,14-15H2,1-3H3,(H3,28,29)(H,32,35)(H,33,36). The van der Waals surface area contributed by atoms with E-state index >= 15 is 0 Å². The third-order valence-corrected chi connectivity index (χ3v) is 5.39. The maximum Gasteiger partial charge on any atom is 0.271 e. The van der Waals surface area contributed by atoms with E-state index in [2.05, 4.69) is 21.2 Å². The number of hydrogen-bond acceptors (Lipinski definition) is 8. The first-order valence-electron chi connectivity index (χ1n) is 12.0. The maximum absolute atomic E-state index is 13.3. The molecule has 1 unspecified atom stereocenters. The molecule has 1 atom stereocenters. The zero-order chi connectivity index (χ0) is 27.5. The summed E-state index contributed by atoms with van der Waals surface area (Å²) in [6.45, 7) is 3.47. The Kier molecular flexibility index (Phi) is 10.0. The quantitative estimate of drug-likeness (QED) is 0.139. The number of anilines is 1. The lowest BCUT2D eigenvalue weighted by atomic mass is 10.0. The first kappa shape index (κ1) is 27.9. The van der Waals surface area contributed by atoms with Crippen molar-refractivity contribution in [2.24, 2.45) is 5.73 Å². The lowest BCUT2D eigenvalue weighted by molar-refractivity contribution is -0.122. The van der Waals surface area contributed by atoms with Crippen LogP contribution in [0.15, 0.2) is 67.0 Å². The summed E-state index contributed by atoms with van der Waals surface area (Å²) in [6, 6.07) is 14.3. The third kappa shape index (κ3) is 7.93. The molecule has 0 saturated heterocycles. The number of carbonyl (C=O) groups excluding carboxylic acids is 2. The van der Waals surface area contributed by atoms with E-state index in [4.69, 9.17) is 20.6 Å². The largest absolute Gasteiger partial charge is 0.490 e. The number of rotatable bonds is 12. The normalized spacial score (nSPS) is 11.4. The van der Waals surface area contributed by atoms with Crippen molar-refractivity contribution in [2.45, 2.75) is 13.0 Å². The molecular formula is C27H33N7O4. The zero-order valence-corrected chi connectivity index (χ0v) is 21.7. The lowest BCUT2D eigenvalue weighted by Crippen LogP contribution is -2.45. The second kappa shape index (κ2) is 13.6. The summed E-state index contributed by atoms with van der Waals surface area (Å²) in [7, 11) is 3.92. The SMILES string of the molecule is CCOc1cc(C(Nc2ccc(C(=N)N)cc2)C(=O)NNC(=O)c2cccnc2)ccc1OCCN(C)C. The second-order valence-electron chi connectivity index (χ2n) is 8.54. The molecule has 0 spiro atoms. The first-order valence-corrected chi connectivity index (χ1v) is 12.0. The number of nitrogens with zero attached hydrogens (tertiary/aromatic N) is 2. The number of benzene rings is 2. The molecule has 0 saturated carbocycles. The van der Waals surface area contributed by atoms with E-state index in [9.17, 15) is 9.59 Å². The van der Waals surface area contributed by atoms with Crippen LogP contribution in [0, 0.1) is 5.41 Å². The first-order chi connectivity index (χ1) is 18.3. The van der Waals surface area contributed by atoms with Crippen LogP contribution < -0.4 is 31.4 Å². The minimum atomic E-state index is -0.914. The van der Waals surface area contributed by atoms with Crippen molar-refractivity contribution in [2.75, 3.05) is 39.2 Å². The molecular weight excluding hydrogens is 486 g/mol. The molecule has 6 N–H and O–H groups in total. The van der Waals surface area contributed by atoms with Gasteiger partial charge in [-0.1, -0.05) is 6.07 Å². The molecule has 38 heavy (non-hydrogen) atoms. The van der Waals surface area contributed by atoms with Crippen molar-refractivity contribution in [1.82, 2.24) is 20.7 Å². The van der Waals surface area contributed by atoms with Gasteiger partial charge in [0.2, 0.25) is 0 Å². The van der Waals surface area contributed by atoms with E-state index < -0.39 is 17.9 Å². The van der Waals surface area contributed by atoms with Crippen LogP contribution >= 0.6 is 0 Å². The summed E-state index contributed by atoms with van der Waals surface area (Å²) in [5.74, 6) is -0.0191. The lowest BCUT2D eigenvalue weighted by Gasteiger charge is -2.22. The number of amides is 2. The third-order valence-electron chi connectivity index (χ3n) is 5.39. The Labute approximate surface area is 221 Å². The fourth-order valence-electron chi connectivity index (χ4n) is 3.40.